The largest absolute Gasteiger partial charge is 0.225 e. The van der Waals surface area contributed by atoms with E-state index in [-0.39, 0.29) is 0 Å². The summed E-state index contributed by atoms with van der Waals surface area (Å²) in [5.74, 6) is 1.21. The van der Waals surface area contributed by atoms with Gasteiger partial charge in [0.2, 0.25) is 0 Å². The fourth-order valence-corrected chi connectivity index (χ4v) is 5.05. The van der Waals surface area contributed by atoms with Crippen LogP contribution in [0.2, 0.25) is 0 Å². The number of nitrogens with zero attached hydrogens (tertiary/aromatic N) is 9. The Labute approximate surface area is 221 Å². The van der Waals surface area contributed by atoms with E-state index in [0.717, 1.165) is 16.7 Å². The van der Waals surface area contributed by atoms with Gasteiger partial charge in [-0.2, -0.15) is 15.8 Å². The Bertz CT molecular complexity index is 1900. The van der Waals surface area contributed by atoms with E-state index in [1.54, 1.807) is 0 Å². The lowest BCUT2D eigenvalue weighted by Crippen LogP contribution is -1.95. The second-order valence-electron chi connectivity index (χ2n) is 8.80. The van der Waals surface area contributed by atoms with Gasteiger partial charge >= 0.3 is 0 Å². The van der Waals surface area contributed by atoms with Crippen molar-refractivity contribution in [2.24, 2.45) is 0 Å². The Morgan fingerprint density at radius 2 is 0.667 bits per heavy atom. The zero-order valence-electron chi connectivity index (χ0n) is 20.2. The summed E-state index contributed by atoms with van der Waals surface area (Å²) in [6.07, 6.45) is 6.74. The minimum absolute atomic E-state index is 0.399. The molecule has 0 aliphatic carbocycles. The molecule has 3 aromatic heterocycles. The minimum atomic E-state index is 0.399. The predicted octanol–water partition coefficient (Wildman–Crippen LogP) is 5.72. The number of nitriles is 3. The molecule has 0 aliphatic heterocycles. The molecule has 0 saturated heterocycles. The third-order valence-corrected chi connectivity index (χ3v) is 6.70. The smallest absolute Gasteiger partial charge is 0.190 e. The molecule has 7 aromatic rings. The van der Waals surface area contributed by atoms with Crippen LogP contribution in [0.3, 0.4) is 0 Å². The minimum Gasteiger partial charge on any atom is -0.225 e. The van der Waals surface area contributed by atoms with Crippen LogP contribution in [-0.4, -0.2) is 28.7 Å². The molecule has 0 atom stereocenters. The first kappa shape index (κ1) is 22.0. The third-order valence-electron chi connectivity index (χ3n) is 6.70. The Morgan fingerprint density at radius 1 is 0.410 bits per heavy atom. The molecule has 0 spiro atoms. The van der Waals surface area contributed by atoms with Crippen LogP contribution in [0.25, 0.3) is 67.3 Å². The lowest BCUT2D eigenvalue weighted by molar-refractivity contribution is 1.12. The summed E-state index contributed by atoms with van der Waals surface area (Å²) in [6, 6.07) is 28.1. The number of aromatic nitrogens is 6. The van der Waals surface area contributed by atoms with Gasteiger partial charge in [0.15, 0.2) is 36.1 Å². The molecule has 9 nitrogen and oxygen atoms in total. The van der Waals surface area contributed by atoms with Crippen LogP contribution in [0.15, 0.2) is 91.0 Å². The van der Waals surface area contributed by atoms with Gasteiger partial charge in [-0.15, -0.1) is 0 Å². The van der Waals surface area contributed by atoms with Crippen LogP contribution in [0.5, 0.6) is 0 Å². The van der Waals surface area contributed by atoms with Crippen molar-refractivity contribution in [3.63, 3.8) is 0 Å². The van der Waals surface area contributed by atoms with Crippen LogP contribution >= 0.6 is 0 Å². The summed E-state index contributed by atoms with van der Waals surface area (Å²) < 4.78 is 4.23. The lowest BCUT2D eigenvalue weighted by Gasteiger charge is -2.01. The van der Waals surface area contributed by atoms with Crippen LogP contribution in [-0.2, 0) is 0 Å². The molecule has 7 rings (SSSR count). The molecule has 9 heteroatoms. The second-order valence-corrected chi connectivity index (χ2v) is 8.80. The topological polar surface area (TPSA) is 125 Å². The highest BCUT2D eigenvalue weighted by atomic mass is 15.2. The molecule has 0 unspecified atom stereocenters. The number of benzene rings is 4. The molecule has 0 bridgehead atoms. The van der Waals surface area contributed by atoms with Crippen molar-refractivity contribution in [1.82, 2.24) is 28.7 Å². The van der Waals surface area contributed by atoms with Gasteiger partial charge in [-0.05, 0) is 0 Å². The van der Waals surface area contributed by atoms with Crippen molar-refractivity contribution in [2.75, 3.05) is 0 Å². The summed E-state index contributed by atoms with van der Waals surface area (Å²) >= 11 is 0. The highest BCUT2D eigenvalue weighted by Gasteiger charge is 2.29. The standard InChI is InChI=1S/C30H15N9/c31-16-37-25-22(34-28(37)19-10-4-1-5-11-19)26-24(36-30(38(26)17-32)21-14-8-3-9-15-21)27-23(25)35-29(39(27)18-33)20-12-6-2-7-13-20/h1-15H. The fourth-order valence-electron chi connectivity index (χ4n) is 5.05. The fraction of sp³-hybridized carbons (Fsp3) is 0. The van der Waals surface area contributed by atoms with E-state index in [1.807, 2.05) is 91.0 Å². The number of fused-ring (bicyclic) bond motifs is 6. The highest BCUT2D eigenvalue weighted by Crippen LogP contribution is 2.40. The van der Waals surface area contributed by atoms with Crippen molar-refractivity contribution >= 4 is 33.1 Å². The highest BCUT2D eigenvalue weighted by molar-refractivity contribution is 6.21. The number of hydrogen-bond acceptors (Lipinski definition) is 6. The van der Waals surface area contributed by atoms with Gasteiger partial charge in [-0.1, -0.05) is 91.0 Å². The van der Waals surface area contributed by atoms with E-state index in [9.17, 15) is 15.8 Å². The Kier molecular flexibility index (Phi) is 4.75. The Balaban J connectivity index is 1.75. The molecule has 180 valence electrons. The molecule has 0 saturated carbocycles. The van der Waals surface area contributed by atoms with Gasteiger partial charge in [0.05, 0.1) is 0 Å². The molecule has 0 amide bonds. The van der Waals surface area contributed by atoms with Crippen molar-refractivity contribution in [3.05, 3.63) is 91.0 Å². The van der Waals surface area contributed by atoms with E-state index in [0.29, 0.717) is 50.6 Å². The summed E-state index contributed by atoms with van der Waals surface area (Å²) in [4.78, 5) is 14.6. The average molecular weight is 502 g/mol. The molecule has 0 fully saturated rings. The predicted molar refractivity (Wildman–Crippen MR) is 146 cm³/mol. The van der Waals surface area contributed by atoms with Gasteiger partial charge in [0, 0.05) is 16.7 Å². The quantitative estimate of drug-likeness (QED) is 0.305. The van der Waals surface area contributed by atoms with E-state index in [1.165, 1.54) is 13.7 Å². The van der Waals surface area contributed by atoms with Crippen LogP contribution in [0.1, 0.15) is 0 Å². The first-order chi connectivity index (χ1) is 19.2. The number of rotatable bonds is 3. The summed E-state index contributed by atoms with van der Waals surface area (Å²) in [5.41, 5.74) is 4.59. The van der Waals surface area contributed by atoms with Gasteiger partial charge in [0.1, 0.15) is 33.1 Å². The van der Waals surface area contributed by atoms with Gasteiger partial charge < -0.3 is 0 Å². The maximum absolute atomic E-state index is 10.3. The molecule has 39 heavy (non-hydrogen) atoms. The molecule has 0 N–H and O–H groups in total. The zero-order chi connectivity index (χ0) is 26.5. The molecule has 0 aliphatic rings. The first-order valence-electron chi connectivity index (χ1n) is 12.0. The van der Waals surface area contributed by atoms with Gasteiger partial charge in [-0.3, -0.25) is 0 Å². The van der Waals surface area contributed by atoms with Crippen LogP contribution in [0, 0.1) is 34.4 Å². The Hall–Kier alpha value is -6.24. The molecule has 3 heterocycles. The second kappa shape index (κ2) is 8.41. The normalized spacial score (nSPS) is 11.0. The molecule has 0 radical (unpaired) electrons. The summed E-state index contributed by atoms with van der Waals surface area (Å²) in [7, 11) is 0. The van der Waals surface area contributed by atoms with Gasteiger partial charge in [0.25, 0.3) is 0 Å². The molecular weight excluding hydrogens is 486 g/mol. The number of imidazole rings is 3. The number of hydrogen-bond donors (Lipinski definition) is 0. The van der Waals surface area contributed by atoms with Crippen molar-refractivity contribution in [1.29, 1.82) is 15.8 Å². The third kappa shape index (κ3) is 3.07. The maximum Gasteiger partial charge on any atom is 0.190 e. The summed E-state index contributed by atoms with van der Waals surface area (Å²) in [6.45, 7) is 0. The van der Waals surface area contributed by atoms with Crippen LogP contribution in [0.4, 0.5) is 0 Å². The van der Waals surface area contributed by atoms with Crippen molar-refractivity contribution in [3.8, 4) is 52.7 Å². The maximum atomic E-state index is 10.3. The lowest BCUT2D eigenvalue weighted by atomic mass is 10.2. The van der Waals surface area contributed by atoms with E-state index in [4.69, 9.17) is 15.0 Å². The molecule has 4 aromatic carbocycles. The zero-order valence-corrected chi connectivity index (χ0v) is 20.2. The average Bonchev–Trinajstić information content (AvgIpc) is 3.69. The Morgan fingerprint density at radius 3 is 0.897 bits per heavy atom. The van der Waals surface area contributed by atoms with E-state index >= 15 is 0 Å². The van der Waals surface area contributed by atoms with E-state index < -0.39 is 0 Å². The van der Waals surface area contributed by atoms with Crippen molar-refractivity contribution < 1.29 is 0 Å². The first-order valence-corrected chi connectivity index (χ1v) is 12.0. The summed E-state index contributed by atoms with van der Waals surface area (Å²) in [5, 5.41) is 31.0. The monoisotopic (exact) mass is 501 g/mol. The van der Waals surface area contributed by atoms with Gasteiger partial charge in [-0.25, -0.2) is 28.7 Å². The SMILES string of the molecule is N#Cn1c(-c2ccccc2)nc2c1c1nc(-c3ccccc3)n(C#N)c1c1nc(-c3ccccc3)n(C#N)c21. The van der Waals surface area contributed by atoms with Crippen molar-refractivity contribution in [2.45, 2.75) is 0 Å². The van der Waals surface area contributed by atoms with E-state index in [2.05, 4.69) is 18.6 Å². The van der Waals surface area contributed by atoms with Crippen LogP contribution < -0.4 is 0 Å². The molecular formula is C30H15N9.